The first-order chi connectivity index (χ1) is 33.1. The number of benzene rings is 3. The fourth-order valence-corrected chi connectivity index (χ4v) is 10.6. The Morgan fingerprint density at radius 1 is 0.632 bits per heavy atom. The lowest BCUT2D eigenvalue weighted by atomic mass is 9.90. The molecule has 2 saturated heterocycles. The Morgan fingerprint density at radius 2 is 1.22 bits per heavy atom. The molecule has 10 rings (SSSR count). The molecule has 0 bridgehead atoms. The van der Waals surface area contributed by atoms with Gasteiger partial charge in [-0.2, -0.15) is 0 Å². The van der Waals surface area contributed by atoms with Crippen LogP contribution in [0.4, 0.5) is 52.0 Å². The molecule has 3 aromatic carbocycles. The normalized spacial score (nSPS) is 16.1. The Kier molecular flexibility index (Phi) is 16.3. The second-order valence-corrected chi connectivity index (χ2v) is 19.5. The summed E-state index contributed by atoms with van der Waals surface area (Å²) in [7, 11) is 0. The minimum atomic E-state index is -0.369. The number of nitrogens with one attached hydrogen (secondary N) is 4. The zero-order valence-electron chi connectivity index (χ0n) is 39.8. The van der Waals surface area contributed by atoms with Gasteiger partial charge in [0.15, 0.2) is 33.4 Å². The van der Waals surface area contributed by atoms with Gasteiger partial charge < -0.3 is 45.4 Å². The van der Waals surface area contributed by atoms with Crippen LogP contribution >= 0.6 is 22.7 Å². The molecule has 0 spiro atoms. The van der Waals surface area contributed by atoms with Crippen molar-refractivity contribution < 1.29 is 22.6 Å². The first-order valence-corrected chi connectivity index (χ1v) is 25.6. The zero-order chi connectivity index (χ0) is 47.7. The molecule has 4 N–H and O–H groups in total. The van der Waals surface area contributed by atoms with Crippen LogP contribution in [0.15, 0.2) is 73.2 Å². The minimum Gasteiger partial charge on any atom is -0.486 e. The van der Waals surface area contributed by atoms with Crippen LogP contribution in [0, 0.1) is 17.5 Å². The fraction of sp³-hybridized carbons (Fsp3) is 0.431. The van der Waals surface area contributed by atoms with E-state index in [0.29, 0.717) is 35.5 Å². The number of pyridine rings is 1. The third-order valence-electron chi connectivity index (χ3n) is 12.4. The van der Waals surface area contributed by atoms with Crippen LogP contribution in [-0.2, 0) is 0 Å². The van der Waals surface area contributed by atoms with Gasteiger partial charge in [-0.3, -0.25) is 0 Å². The van der Waals surface area contributed by atoms with Gasteiger partial charge in [-0.15, -0.1) is 0 Å². The van der Waals surface area contributed by atoms with Crippen molar-refractivity contribution in [1.82, 2.24) is 25.6 Å². The van der Waals surface area contributed by atoms with E-state index in [4.69, 9.17) is 9.47 Å². The molecule has 17 heteroatoms. The molecule has 4 aliphatic heterocycles. The van der Waals surface area contributed by atoms with Crippen LogP contribution in [0.1, 0.15) is 72.3 Å². The Bertz CT molecular complexity index is 2590. The Labute approximate surface area is 406 Å². The number of piperidine rings is 1. The molecule has 0 saturated carbocycles. The molecule has 0 unspecified atom stereocenters. The van der Waals surface area contributed by atoms with Crippen LogP contribution in [0.3, 0.4) is 0 Å². The molecular weight excluding hydrogens is 906 g/mol. The van der Waals surface area contributed by atoms with E-state index >= 15 is 0 Å². The van der Waals surface area contributed by atoms with E-state index in [1.807, 2.05) is 50.4 Å². The van der Waals surface area contributed by atoms with E-state index in [0.717, 1.165) is 126 Å². The summed E-state index contributed by atoms with van der Waals surface area (Å²) in [6.07, 6.45) is 8.44. The number of rotatable bonds is 10. The minimum absolute atomic E-state index is 0.186. The van der Waals surface area contributed by atoms with Gasteiger partial charge in [0, 0.05) is 49.8 Å². The van der Waals surface area contributed by atoms with E-state index in [1.165, 1.54) is 40.9 Å². The summed E-state index contributed by atoms with van der Waals surface area (Å²) in [5.41, 5.74) is 5.68. The third-order valence-corrected chi connectivity index (χ3v) is 14.3. The number of anilines is 7. The van der Waals surface area contributed by atoms with Gasteiger partial charge in [0.25, 0.3) is 0 Å². The highest BCUT2D eigenvalue weighted by atomic mass is 32.1. The lowest BCUT2D eigenvalue weighted by Gasteiger charge is -2.34. The van der Waals surface area contributed by atoms with Crippen molar-refractivity contribution in [2.45, 2.75) is 78.8 Å². The maximum absolute atomic E-state index is 14.8. The van der Waals surface area contributed by atoms with Gasteiger partial charge in [0.2, 0.25) is 0 Å². The van der Waals surface area contributed by atoms with Crippen LogP contribution in [0.2, 0.25) is 0 Å². The standard InChI is InChI=1S/C25H28F2N4OS.C24H29FN6OS.C2H6/c1-15(2)31-9-10-32-24-21(27)11-17(12-22(24)31)23-14-29-25(33-23)30-18-3-4-19(20(26)13-18)16-5-7-28-8-6-16;1-16(2)31-10-11-32-23-19(25)12-17(13-20(23)31)21-15-28-24(33-21)29-22-5-4-18(14-27-22)30-8-3-6-26-7-9-30;1-2/h3-4,11-16,28H,5-10H2,1-2H3,(H,29,30);4-5,12-16,26H,3,6-11H2,1-2H3,(H,27,28,29);1-2H3. The molecule has 0 aliphatic carbocycles. The van der Waals surface area contributed by atoms with Gasteiger partial charge in [0.05, 0.1) is 46.1 Å². The second kappa shape index (κ2) is 22.7. The maximum atomic E-state index is 14.8. The van der Waals surface area contributed by atoms with Crippen molar-refractivity contribution in [1.29, 1.82) is 0 Å². The molecule has 4 aliphatic rings. The highest BCUT2D eigenvalue weighted by Crippen LogP contribution is 2.43. The van der Waals surface area contributed by atoms with E-state index in [1.54, 1.807) is 12.4 Å². The van der Waals surface area contributed by atoms with Crippen molar-refractivity contribution in [3.63, 3.8) is 0 Å². The molecule has 6 aromatic rings. The zero-order valence-corrected chi connectivity index (χ0v) is 41.4. The van der Waals surface area contributed by atoms with Gasteiger partial charge >= 0.3 is 0 Å². The quantitative estimate of drug-likeness (QED) is 0.105. The lowest BCUT2D eigenvalue weighted by molar-refractivity contribution is 0.287. The predicted molar refractivity (Wildman–Crippen MR) is 274 cm³/mol. The first-order valence-electron chi connectivity index (χ1n) is 23.9. The highest BCUT2D eigenvalue weighted by Gasteiger charge is 2.27. The summed E-state index contributed by atoms with van der Waals surface area (Å²) in [6.45, 7) is 20.8. The Hall–Kier alpha value is -5.62. The lowest BCUT2D eigenvalue weighted by Crippen LogP contribution is -2.38. The molecule has 12 nitrogen and oxygen atoms in total. The molecule has 0 radical (unpaired) electrons. The number of ether oxygens (including phenoxy) is 2. The summed E-state index contributed by atoms with van der Waals surface area (Å²) < 4.78 is 55.6. The topological polar surface area (TPSA) is 115 Å². The average Bonchev–Trinajstić information content (AvgIpc) is 3.94. The maximum Gasteiger partial charge on any atom is 0.188 e. The van der Waals surface area contributed by atoms with E-state index in [2.05, 4.69) is 84.7 Å². The van der Waals surface area contributed by atoms with Crippen molar-refractivity contribution in [2.24, 2.45) is 0 Å². The molecule has 68 heavy (non-hydrogen) atoms. The van der Waals surface area contributed by atoms with Crippen LogP contribution in [-0.4, -0.2) is 92.6 Å². The number of fused-ring (bicyclic) bond motifs is 2. The van der Waals surface area contributed by atoms with Crippen molar-refractivity contribution in [3.8, 4) is 32.4 Å². The van der Waals surface area contributed by atoms with Gasteiger partial charge in [-0.25, -0.2) is 28.1 Å². The molecule has 7 heterocycles. The first kappa shape index (κ1) is 48.8. The molecule has 2 fully saturated rings. The molecule has 362 valence electrons. The van der Waals surface area contributed by atoms with Gasteiger partial charge in [0.1, 0.15) is 24.8 Å². The number of halogens is 3. The van der Waals surface area contributed by atoms with Gasteiger partial charge in [-0.05, 0) is 138 Å². The van der Waals surface area contributed by atoms with Crippen LogP contribution in [0.25, 0.3) is 20.9 Å². The number of thiazole rings is 2. The smallest absolute Gasteiger partial charge is 0.188 e. The van der Waals surface area contributed by atoms with Crippen molar-refractivity contribution >= 4 is 61.5 Å². The van der Waals surface area contributed by atoms with Crippen LogP contribution in [0.5, 0.6) is 11.5 Å². The van der Waals surface area contributed by atoms with Gasteiger partial charge in [-0.1, -0.05) is 42.6 Å². The monoisotopic (exact) mass is 968 g/mol. The predicted octanol–water partition coefficient (Wildman–Crippen LogP) is 11.4. The SMILES string of the molecule is CC.CC(C)N1CCOc2c(F)cc(-c3cnc(Nc4ccc(C5CCNCC5)c(F)c4)s3)cc21.CC(C)N1CCOc2c(F)cc(-c3cnc(Nc4ccc(N5CCCNCC5)cn4)s3)cc21. The number of aromatic nitrogens is 3. The average molecular weight is 969 g/mol. The highest BCUT2D eigenvalue weighted by molar-refractivity contribution is 7.19. The fourth-order valence-electron chi connectivity index (χ4n) is 8.94. The summed E-state index contributed by atoms with van der Waals surface area (Å²) in [5, 5.41) is 14.6. The number of hydrogen-bond donors (Lipinski definition) is 4. The van der Waals surface area contributed by atoms with E-state index < -0.39 is 0 Å². The summed E-state index contributed by atoms with van der Waals surface area (Å²) >= 11 is 2.89. The molecule has 0 amide bonds. The summed E-state index contributed by atoms with van der Waals surface area (Å²) in [5.74, 6) is 0.762. The molecule has 3 aromatic heterocycles. The summed E-state index contributed by atoms with van der Waals surface area (Å²) in [6, 6.07) is 16.9. The summed E-state index contributed by atoms with van der Waals surface area (Å²) in [4.78, 5) is 21.9. The molecule has 0 atom stereocenters. The second-order valence-electron chi connectivity index (χ2n) is 17.4. The van der Waals surface area contributed by atoms with Crippen LogP contribution < -0.4 is 45.4 Å². The Morgan fingerprint density at radius 3 is 1.78 bits per heavy atom. The Balaban J connectivity index is 0.000000177. The van der Waals surface area contributed by atoms with Crippen molar-refractivity contribution in [3.05, 3.63) is 96.2 Å². The van der Waals surface area contributed by atoms with Crippen molar-refractivity contribution in [2.75, 3.05) is 90.9 Å². The largest absolute Gasteiger partial charge is 0.486 e. The number of hydrogen-bond acceptors (Lipinski definition) is 14. The van der Waals surface area contributed by atoms with E-state index in [9.17, 15) is 13.2 Å². The van der Waals surface area contributed by atoms with E-state index in [-0.39, 0.29) is 35.5 Å². The molecular formula is C51H63F3N10O2S2. The third kappa shape index (κ3) is 11.4. The number of nitrogens with zero attached hydrogens (tertiary/aromatic N) is 6.